The Morgan fingerprint density at radius 3 is 2.45 bits per heavy atom. The Bertz CT molecular complexity index is 1610. The van der Waals surface area contributed by atoms with Crippen molar-refractivity contribution < 1.29 is 31.9 Å². The number of aromatic nitrogens is 2. The lowest BCUT2D eigenvalue weighted by Crippen LogP contribution is -2.47. The van der Waals surface area contributed by atoms with Gasteiger partial charge in [-0.2, -0.15) is 18.3 Å². The van der Waals surface area contributed by atoms with Crippen molar-refractivity contribution in [3.05, 3.63) is 84.3 Å². The van der Waals surface area contributed by atoms with Crippen LogP contribution in [0.4, 0.5) is 23.2 Å². The van der Waals surface area contributed by atoms with E-state index in [2.05, 4.69) is 10.4 Å². The van der Waals surface area contributed by atoms with E-state index in [4.69, 9.17) is 4.74 Å². The summed E-state index contributed by atoms with van der Waals surface area (Å²) in [5.74, 6) is -1.32. The molecule has 1 aliphatic carbocycles. The predicted molar refractivity (Wildman–Crippen MR) is 139 cm³/mol. The molecule has 6 rings (SSSR count). The summed E-state index contributed by atoms with van der Waals surface area (Å²) in [6.45, 7) is 0. The van der Waals surface area contributed by atoms with Crippen molar-refractivity contribution in [2.24, 2.45) is 5.41 Å². The molecule has 1 aromatic heterocycles. The molecule has 1 saturated carbocycles. The molecule has 2 heterocycles. The number of anilines is 1. The highest BCUT2D eigenvalue weighted by molar-refractivity contribution is 6.00. The van der Waals surface area contributed by atoms with E-state index < -0.39 is 29.6 Å². The first-order chi connectivity index (χ1) is 19.1. The van der Waals surface area contributed by atoms with E-state index in [1.807, 2.05) is 0 Å². The Morgan fingerprint density at radius 1 is 1.05 bits per heavy atom. The van der Waals surface area contributed by atoms with Crippen LogP contribution in [0.1, 0.15) is 30.9 Å². The van der Waals surface area contributed by atoms with E-state index in [1.54, 1.807) is 65.5 Å². The van der Waals surface area contributed by atoms with Crippen molar-refractivity contribution in [3.63, 3.8) is 0 Å². The maximum Gasteiger partial charge on any atom is 0.403 e. The van der Waals surface area contributed by atoms with Crippen LogP contribution in [-0.2, 0) is 9.59 Å². The number of carbonyl (C=O) groups is 2. The van der Waals surface area contributed by atoms with Gasteiger partial charge in [0.15, 0.2) is 0 Å². The van der Waals surface area contributed by atoms with Crippen molar-refractivity contribution in [1.29, 1.82) is 0 Å². The van der Waals surface area contributed by atoms with Crippen molar-refractivity contribution in [3.8, 4) is 11.4 Å². The van der Waals surface area contributed by atoms with Crippen LogP contribution in [-0.4, -0.2) is 40.9 Å². The number of benzene rings is 3. The van der Waals surface area contributed by atoms with Gasteiger partial charge in [0.25, 0.3) is 0 Å². The zero-order valence-corrected chi connectivity index (χ0v) is 21.3. The lowest BCUT2D eigenvalue weighted by molar-refractivity contribution is -0.192. The van der Waals surface area contributed by atoms with Gasteiger partial charge in [-0.3, -0.25) is 9.59 Å². The SMILES string of the molecule is COc1cccc(C2C(NC(=O)C3(C(F)(F)F)CC3)CC(=O)N2c2ccc3c(cnn3-c3ccc(F)cc3)c2)c1. The lowest BCUT2D eigenvalue weighted by Gasteiger charge is -2.30. The molecule has 2 aliphatic rings. The predicted octanol–water partition coefficient (Wildman–Crippen LogP) is 5.48. The number of alkyl halides is 3. The van der Waals surface area contributed by atoms with Gasteiger partial charge in [0.2, 0.25) is 11.8 Å². The fourth-order valence-corrected chi connectivity index (χ4v) is 5.40. The summed E-state index contributed by atoms with van der Waals surface area (Å²) < 4.78 is 61.4. The molecule has 0 spiro atoms. The number of hydrogen-bond acceptors (Lipinski definition) is 4. The molecule has 2 fully saturated rings. The molecule has 2 amide bonds. The lowest BCUT2D eigenvalue weighted by atomic mass is 9.97. The molecule has 4 aromatic rings. The first kappa shape index (κ1) is 25.8. The van der Waals surface area contributed by atoms with Gasteiger partial charge in [-0.15, -0.1) is 0 Å². The monoisotopic (exact) mass is 552 g/mol. The topological polar surface area (TPSA) is 76.5 Å². The van der Waals surface area contributed by atoms with Gasteiger partial charge in [0.1, 0.15) is 17.0 Å². The average molecular weight is 553 g/mol. The summed E-state index contributed by atoms with van der Waals surface area (Å²) in [6.07, 6.45) is -3.77. The summed E-state index contributed by atoms with van der Waals surface area (Å²) >= 11 is 0. The third-order valence-corrected chi connectivity index (χ3v) is 7.70. The second-order valence-electron chi connectivity index (χ2n) is 10.1. The fourth-order valence-electron chi connectivity index (χ4n) is 5.40. The minimum absolute atomic E-state index is 0.172. The minimum atomic E-state index is -4.67. The van der Waals surface area contributed by atoms with Crippen LogP contribution in [0.25, 0.3) is 16.6 Å². The summed E-state index contributed by atoms with van der Waals surface area (Å²) in [5.41, 5.74) is 0.0610. The van der Waals surface area contributed by atoms with Gasteiger partial charge >= 0.3 is 6.18 Å². The molecule has 2 unspecified atom stereocenters. The third kappa shape index (κ3) is 4.25. The zero-order valence-electron chi connectivity index (χ0n) is 21.3. The third-order valence-electron chi connectivity index (χ3n) is 7.70. The molecule has 11 heteroatoms. The Balaban J connectivity index is 1.38. The van der Waals surface area contributed by atoms with Gasteiger partial charge < -0.3 is 15.0 Å². The number of carbonyl (C=O) groups excluding carboxylic acids is 2. The van der Waals surface area contributed by atoms with Crippen molar-refractivity contribution in [1.82, 2.24) is 15.1 Å². The Hall–Kier alpha value is -4.41. The first-order valence-electron chi connectivity index (χ1n) is 12.7. The fraction of sp³-hybridized carbons (Fsp3) is 0.276. The maximum absolute atomic E-state index is 13.7. The van der Waals surface area contributed by atoms with E-state index in [1.165, 1.54) is 24.1 Å². The molecule has 206 valence electrons. The average Bonchev–Trinajstić information content (AvgIpc) is 3.57. The van der Waals surface area contributed by atoms with Gasteiger partial charge in [-0.05, 0) is 73.0 Å². The van der Waals surface area contributed by atoms with Crippen LogP contribution in [0.2, 0.25) is 0 Å². The normalized spacial score (nSPS) is 20.1. The van der Waals surface area contributed by atoms with Gasteiger partial charge in [0, 0.05) is 17.5 Å². The summed E-state index contributed by atoms with van der Waals surface area (Å²) in [7, 11) is 1.49. The molecule has 0 radical (unpaired) electrons. The largest absolute Gasteiger partial charge is 0.497 e. The summed E-state index contributed by atoms with van der Waals surface area (Å²) in [6, 6.07) is 16.3. The Morgan fingerprint density at radius 2 is 1.77 bits per heavy atom. The molecule has 1 N–H and O–H groups in total. The molecule has 7 nitrogen and oxygen atoms in total. The van der Waals surface area contributed by atoms with E-state index in [0.29, 0.717) is 33.6 Å². The number of methoxy groups -OCH3 is 1. The maximum atomic E-state index is 13.7. The highest BCUT2D eigenvalue weighted by atomic mass is 19.4. The van der Waals surface area contributed by atoms with E-state index in [-0.39, 0.29) is 31.0 Å². The van der Waals surface area contributed by atoms with Crippen LogP contribution < -0.4 is 15.0 Å². The number of hydrogen-bond donors (Lipinski definition) is 1. The summed E-state index contributed by atoms with van der Waals surface area (Å²) in [5, 5.41) is 7.66. The highest BCUT2D eigenvalue weighted by Crippen LogP contribution is 2.58. The number of ether oxygens (including phenoxy) is 1. The molecular formula is C29H24F4N4O3. The molecule has 1 aliphatic heterocycles. The summed E-state index contributed by atoms with van der Waals surface area (Å²) in [4.78, 5) is 27.8. The van der Waals surface area contributed by atoms with Crippen LogP contribution in [0.15, 0.2) is 72.9 Å². The molecule has 0 bridgehead atoms. The quantitative estimate of drug-likeness (QED) is 0.322. The van der Waals surface area contributed by atoms with Crippen LogP contribution in [0.3, 0.4) is 0 Å². The van der Waals surface area contributed by atoms with Gasteiger partial charge in [-0.25, -0.2) is 9.07 Å². The number of rotatable bonds is 6. The van der Waals surface area contributed by atoms with Gasteiger partial charge in [0.05, 0.1) is 36.6 Å². The molecule has 1 saturated heterocycles. The van der Waals surface area contributed by atoms with Crippen molar-refractivity contribution >= 4 is 28.4 Å². The van der Waals surface area contributed by atoms with E-state index in [0.717, 1.165) is 0 Å². The number of nitrogens with one attached hydrogen (secondary N) is 1. The minimum Gasteiger partial charge on any atom is -0.497 e. The molecular weight excluding hydrogens is 528 g/mol. The smallest absolute Gasteiger partial charge is 0.403 e. The van der Waals surface area contributed by atoms with Crippen molar-refractivity contribution in [2.75, 3.05) is 12.0 Å². The number of fused-ring (bicyclic) bond motifs is 1. The van der Waals surface area contributed by atoms with Crippen LogP contribution in [0, 0.1) is 11.2 Å². The Labute approximate surface area is 226 Å². The second kappa shape index (κ2) is 9.35. The number of nitrogens with zero attached hydrogens (tertiary/aromatic N) is 3. The van der Waals surface area contributed by atoms with E-state index in [9.17, 15) is 27.2 Å². The first-order valence-corrected chi connectivity index (χ1v) is 12.7. The second-order valence-corrected chi connectivity index (χ2v) is 10.1. The van der Waals surface area contributed by atoms with Crippen molar-refractivity contribution in [2.45, 2.75) is 37.5 Å². The molecule has 40 heavy (non-hydrogen) atoms. The number of halogens is 4. The molecule has 3 aromatic carbocycles. The Kier molecular flexibility index (Phi) is 6.04. The zero-order chi connectivity index (χ0) is 28.2. The van der Waals surface area contributed by atoms with E-state index >= 15 is 0 Å². The van der Waals surface area contributed by atoms with Crippen LogP contribution >= 0.6 is 0 Å². The van der Waals surface area contributed by atoms with Gasteiger partial charge in [-0.1, -0.05) is 12.1 Å². The highest BCUT2D eigenvalue weighted by Gasteiger charge is 2.69. The van der Waals surface area contributed by atoms with Crippen LogP contribution in [0.5, 0.6) is 5.75 Å². The molecule has 2 atom stereocenters. The number of amides is 2. The standard InChI is InChI=1S/C29H24F4N4O3/c1-40-22-4-2-3-17(14-22)26-23(35-27(39)28(11-12-28)29(31,32)33)15-25(38)36(26)21-9-10-24-18(13-21)16-34-37(24)20-7-5-19(30)6-8-20/h2-10,13-14,16,23,26H,11-12,15H2,1H3,(H,35,39).